The highest BCUT2D eigenvalue weighted by molar-refractivity contribution is 5.96. The van der Waals surface area contributed by atoms with Gasteiger partial charge < -0.3 is 14.8 Å². The number of aryl methyl sites for hydroxylation is 1. The van der Waals surface area contributed by atoms with E-state index in [0.29, 0.717) is 17.2 Å². The molecule has 2 aromatic rings. The molecule has 1 aliphatic rings. The Bertz CT molecular complexity index is 1010. The lowest BCUT2D eigenvalue weighted by atomic mass is 10.1. The monoisotopic (exact) mass is 452 g/mol. The lowest BCUT2D eigenvalue weighted by Gasteiger charge is -2.16. The van der Waals surface area contributed by atoms with Crippen LogP contribution in [0.4, 0.5) is 13.2 Å². The van der Waals surface area contributed by atoms with Crippen LogP contribution in [0.15, 0.2) is 18.2 Å². The summed E-state index contributed by atoms with van der Waals surface area (Å²) in [6, 6.07) is 3.60. The van der Waals surface area contributed by atoms with E-state index in [4.69, 9.17) is 4.74 Å². The normalized spacial score (nSPS) is 14.6. The van der Waals surface area contributed by atoms with E-state index >= 15 is 0 Å². The van der Waals surface area contributed by atoms with Gasteiger partial charge in [0.1, 0.15) is 17.2 Å². The van der Waals surface area contributed by atoms with Crippen LogP contribution in [-0.2, 0) is 11.2 Å². The molecule has 0 spiro atoms. The number of hydrogen-bond donors (Lipinski definition) is 1. The van der Waals surface area contributed by atoms with Gasteiger partial charge in [-0.15, -0.1) is 0 Å². The van der Waals surface area contributed by atoms with Gasteiger partial charge >= 0.3 is 6.18 Å². The quantitative estimate of drug-likeness (QED) is 0.623. The lowest BCUT2D eigenvalue weighted by Crippen LogP contribution is -2.28. The fourth-order valence-electron chi connectivity index (χ4n) is 3.00. The first-order chi connectivity index (χ1) is 15.1. The second kappa shape index (κ2) is 9.49. The number of hydrogen-bond acceptors (Lipinski definition) is 7. The zero-order valence-corrected chi connectivity index (χ0v) is 17.8. The Labute approximate surface area is 182 Å². The molecule has 32 heavy (non-hydrogen) atoms. The summed E-state index contributed by atoms with van der Waals surface area (Å²) in [6.45, 7) is 1.98. The number of methoxy groups -OCH3 is 1. The third-order valence-electron chi connectivity index (χ3n) is 4.73. The molecule has 1 amide bonds. The minimum absolute atomic E-state index is 0.0219. The number of aromatic nitrogens is 3. The zero-order valence-electron chi connectivity index (χ0n) is 17.8. The molecule has 1 aliphatic carbocycles. The number of carbonyl (C=O) groups is 2. The van der Waals surface area contributed by atoms with Gasteiger partial charge in [0, 0.05) is 17.7 Å². The van der Waals surface area contributed by atoms with Crippen molar-refractivity contribution in [3.63, 3.8) is 0 Å². The fourth-order valence-corrected chi connectivity index (χ4v) is 3.00. The Balaban J connectivity index is 1.70. The molecule has 1 N–H and O–H groups in total. The molecular weight excluding hydrogens is 429 g/mol. The molecule has 1 atom stereocenters. The number of nitrogens with one attached hydrogen (secondary N) is 1. The number of halogens is 3. The minimum atomic E-state index is -4.52. The maximum atomic E-state index is 12.7. The Morgan fingerprint density at radius 2 is 1.94 bits per heavy atom. The van der Waals surface area contributed by atoms with E-state index in [-0.39, 0.29) is 35.4 Å². The van der Waals surface area contributed by atoms with Crippen LogP contribution in [0.25, 0.3) is 0 Å². The molecule has 0 aliphatic heterocycles. The van der Waals surface area contributed by atoms with E-state index in [2.05, 4.69) is 25.0 Å². The van der Waals surface area contributed by atoms with Crippen molar-refractivity contribution in [3.8, 4) is 11.8 Å². The standard InChI is InChI=1S/C21H23F3N4O4/c1-11-8-15(27-17(25-11)9-16(29)13-4-5-13)12(2)26-19(30)14-6-7-18(28-20(14)31-3)32-10-21(22,23)24/h6-8,12-13H,4-5,9-10H2,1-3H3,(H,26,30). The predicted molar refractivity (Wildman–Crippen MR) is 106 cm³/mol. The number of rotatable bonds is 9. The first-order valence-electron chi connectivity index (χ1n) is 9.98. The summed E-state index contributed by atoms with van der Waals surface area (Å²) in [7, 11) is 1.24. The summed E-state index contributed by atoms with van der Waals surface area (Å²) in [5, 5.41) is 2.75. The lowest BCUT2D eigenvalue weighted by molar-refractivity contribution is -0.154. The molecule has 0 aromatic carbocycles. The van der Waals surface area contributed by atoms with Gasteiger partial charge in [-0.25, -0.2) is 9.97 Å². The number of carbonyl (C=O) groups excluding carboxylic acids is 2. The van der Waals surface area contributed by atoms with E-state index in [0.717, 1.165) is 18.9 Å². The van der Waals surface area contributed by atoms with Crippen molar-refractivity contribution in [2.24, 2.45) is 5.92 Å². The van der Waals surface area contributed by atoms with Crippen molar-refractivity contribution in [2.45, 2.75) is 45.3 Å². The average molecular weight is 452 g/mol. The topological polar surface area (TPSA) is 103 Å². The van der Waals surface area contributed by atoms with E-state index < -0.39 is 24.7 Å². The molecule has 3 rings (SSSR count). The Morgan fingerprint density at radius 1 is 1.22 bits per heavy atom. The summed E-state index contributed by atoms with van der Waals surface area (Å²) < 4.78 is 46.6. The molecular formula is C21H23F3N4O4. The molecule has 1 fully saturated rings. The molecule has 2 heterocycles. The van der Waals surface area contributed by atoms with Gasteiger partial charge in [-0.05, 0) is 38.8 Å². The number of ether oxygens (including phenoxy) is 2. The van der Waals surface area contributed by atoms with Crippen molar-refractivity contribution >= 4 is 11.7 Å². The van der Waals surface area contributed by atoms with Crippen LogP contribution in [0.2, 0.25) is 0 Å². The van der Waals surface area contributed by atoms with Crippen molar-refractivity contribution in [2.75, 3.05) is 13.7 Å². The highest BCUT2D eigenvalue weighted by Crippen LogP contribution is 2.30. The molecule has 8 nitrogen and oxygen atoms in total. The first kappa shape index (κ1) is 23.4. The average Bonchev–Trinajstić information content (AvgIpc) is 3.56. The number of ketones is 1. The van der Waals surface area contributed by atoms with Crippen LogP contribution in [0.1, 0.15) is 53.4 Å². The number of pyridine rings is 1. The maximum Gasteiger partial charge on any atom is 0.422 e. The molecule has 2 aromatic heterocycles. The Morgan fingerprint density at radius 3 is 2.56 bits per heavy atom. The predicted octanol–water partition coefficient (Wildman–Crippen LogP) is 3.14. The fraction of sp³-hybridized carbons (Fsp3) is 0.476. The molecule has 0 bridgehead atoms. The van der Waals surface area contributed by atoms with Crippen LogP contribution in [0.5, 0.6) is 11.8 Å². The summed E-state index contributed by atoms with van der Waals surface area (Å²) in [6.07, 6.45) is -2.56. The maximum absolute atomic E-state index is 12.7. The van der Waals surface area contributed by atoms with Crippen molar-refractivity contribution in [1.29, 1.82) is 0 Å². The minimum Gasteiger partial charge on any atom is -0.480 e. The van der Waals surface area contributed by atoms with Crippen LogP contribution >= 0.6 is 0 Å². The van der Waals surface area contributed by atoms with Gasteiger partial charge in [-0.2, -0.15) is 18.2 Å². The van der Waals surface area contributed by atoms with E-state index in [1.807, 2.05) is 0 Å². The van der Waals surface area contributed by atoms with Crippen LogP contribution in [0, 0.1) is 12.8 Å². The van der Waals surface area contributed by atoms with Gasteiger partial charge in [0.25, 0.3) is 5.91 Å². The summed E-state index contributed by atoms with van der Waals surface area (Å²) in [4.78, 5) is 37.4. The highest BCUT2D eigenvalue weighted by Gasteiger charge is 2.30. The van der Waals surface area contributed by atoms with Crippen molar-refractivity contribution in [3.05, 3.63) is 41.0 Å². The summed E-state index contributed by atoms with van der Waals surface area (Å²) >= 11 is 0. The number of nitrogens with zero attached hydrogens (tertiary/aromatic N) is 3. The van der Waals surface area contributed by atoms with Crippen molar-refractivity contribution < 1.29 is 32.2 Å². The van der Waals surface area contributed by atoms with Gasteiger partial charge in [0.2, 0.25) is 11.8 Å². The third-order valence-corrected chi connectivity index (χ3v) is 4.73. The SMILES string of the molecule is COc1nc(OCC(F)(F)F)ccc1C(=O)NC(C)c1cc(C)nc(CC(=O)C2CC2)n1. The number of amides is 1. The summed E-state index contributed by atoms with van der Waals surface area (Å²) in [5.41, 5.74) is 1.22. The highest BCUT2D eigenvalue weighted by atomic mass is 19.4. The Hall–Kier alpha value is -3.24. The van der Waals surface area contributed by atoms with Gasteiger partial charge in [-0.1, -0.05) is 0 Å². The molecule has 172 valence electrons. The molecule has 1 unspecified atom stereocenters. The van der Waals surface area contributed by atoms with Gasteiger partial charge in [0.15, 0.2) is 6.61 Å². The van der Waals surface area contributed by atoms with E-state index in [9.17, 15) is 22.8 Å². The zero-order chi connectivity index (χ0) is 23.5. The molecule has 0 saturated heterocycles. The van der Waals surface area contributed by atoms with E-state index in [1.165, 1.54) is 13.2 Å². The van der Waals surface area contributed by atoms with Crippen LogP contribution < -0.4 is 14.8 Å². The molecule has 11 heteroatoms. The number of Topliss-reactive ketones (excluding diaryl/α,β-unsaturated/α-hetero) is 1. The summed E-state index contributed by atoms with van der Waals surface area (Å²) in [5.74, 6) is -0.437. The molecule has 0 radical (unpaired) electrons. The Kier molecular flexibility index (Phi) is 6.95. The second-order valence-electron chi connectivity index (χ2n) is 7.57. The smallest absolute Gasteiger partial charge is 0.422 e. The largest absolute Gasteiger partial charge is 0.480 e. The first-order valence-corrected chi connectivity index (χ1v) is 9.98. The van der Waals surface area contributed by atoms with Gasteiger partial charge in [-0.3, -0.25) is 9.59 Å². The van der Waals surface area contributed by atoms with Crippen LogP contribution in [-0.4, -0.2) is 46.5 Å². The van der Waals surface area contributed by atoms with Crippen LogP contribution in [0.3, 0.4) is 0 Å². The third kappa shape index (κ3) is 6.38. The number of alkyl halides is 3. The second-order valence-corrected chi connectivity index (χ2v) is 7.57. The van der Waals surface area contributed by atoms with Crippen molar-refractivity contribution in [1.82, 2.24) is 20.3 Å². The molecule has 1 saturated carbocycles. The van der Waals surface area contributed by atoms with E-state index in [1.54, 1.807) is 19.9 Å². The van der Waals surface area contributed by atoms with Gasteiger partial charge in [0.05, 0.1) is 25.3 Å².